The topological polar surface area (TPSA) is 21.3 Å². The zero-order valence-corrected chi connectivity index (χ0v) is 7.92. The summed E-state index contributed by atoms with van der Waals surface area (Å²) in [4.78, 5) is 0. The van der Waals surface area contributed by atoms with E-state index in [1.54, 1.807) is 0 Å². The lowest BCUT2D eigenvalue weighted by Crippen LogP contribution is -2.21. The fourth-order valence-corrected chi connectivity index (χ4v) is 1.16. The predicted molar refractivity (Wildman–Crippen MR) is 52.8 cm³/mol. The van der Waals surface area contributed by atoms with E-state index in [4.69, 9.17) is 4.74 Å². The largest absolute Gasteiger partial charge is 0.478 e. The summed E-state index contributed by atoms with van der Waals surface area (Å²) in [6.07, 6.45) is 2.61. The predicted octanol–water partition coefficient (Wildman–Crippen LogP) is 2.08. The van der Waals surface area contributed by atoms with Gasteiger partial charge in [0.2, 0.25) is 0 Å². The smallest absolute Gasteiger partial charge is 0.139 e. The maximum absolute atomic E-state index is 5.50. The lowest BCUT2D eigenvalue weighted by molar-refractivity contribution is 0.282. The van der Waals surface area contributed by atoms with Crippen LogP contribution in [0.15, 0.2) is 24.3 Å². The summed E-state index contributed by atoms with van der Waals surface area (Å²) in [5, 5.41) is 3.30. The third-order valence-electron chi connectivity index (χ3n) is 2.21. The Kier molecular flexibility index (Phi) is 2.50. The minimum atomic E-state index is 0.633. The molecule has 2 rings (SSSR count). The third kappa shape index (κ3) is 2.74. The molecule has 0 unspecified atom stereocenters. The quantitative estimate of drug-likeness (QED) is 0.711. The van der Waals surface area contributed by atoms with Crippen LogP contribution in [0.2, 0.25) is 0 Å². The second kappa shape index (κ2) is 3.79. The molecule has 1 saturated carbocycles. The SMILES string of the molecule is Cc1ccc(OCNC2CC2)cc1. The zero-order valence-electron chi connectivity index (χ0n) is 7.92. The van der Waals surface area contributed by atoms with Gasteiger partial charge in [-0.05, 0) is 31.9 Å². The first kappa shape index (κ1) is 8.57. The molecule has 0 saturated heterocycles. The van der Waals surface area contributed by atoms with Crippen molar-refractivity contribution in [3.63, 3.8) is 0 Å². The summed E-state index contributed by atoms with van der Waals surface area (Å²) in [6, 6.07) is 8.85. The molecule has 1 aliphatic rings. The van der Waals surface area contributed by atoms with Crippen LogP contribution in [0.5, 0.6) is 5.75 Å². The molecule has 0 heterocycles. The number of benzene rings is 1. The van der Waals surface area contributed by atoms with Crippen LogP contribution in [0.1, 0.15) is 18.4 Å². The van der Waals surface area contributed by atoms with E-state index in [1.165, 1.54) is 18.4 Å². The summed E-state index contributed by atoms with van der Waals surface area (Å²) in [6.45, 7) is 2.71. The van der Waals surface area contributed by atoms with E-state index >= 15 is 0 Å². The van der Waals surface area contributed by atoms with Crippen molar-refractivity contribution in [2.24, 2.45) is 0 Å². The van der Waals surface area contributed by atoms with Crippen LogP contribution >= 0.6 is 0 Å². The van der Waals surface area contributed by atoms with Gasteiger partial charge in [0.25, 0.3) is 0 Å². The Bertz CT molecular complexity index is 264. The monoisotopic (exact) mass is 177 g/mol. The molecule has 0 aliphatic heterocycles. The normalized spacial score (nSPS) is 15.8. The van der Waals surface area contributed by atoms with Gasteiger partial charge in [0, 0.05) is 6.04 Å². The average Bonchev–Trinajstić information content (AvgIpc) is 2.92. The number of hydrogen-bond donors (Lipinski definition) is 1. The van der Waals surface area contributed by atoms with Gasteiger partial charge in [0.15, 0.2) is 0 Å². The van der Waals surface area contributed by atoms with Crippen molar-refractivity contribution in [3.8, 4) is 5.75 Å². The van der Waals surface area contributed by atoms with E-state index in [2.05, 4.69) is 24.4 Å². The van der Waals surface area contributed by atoms with Crippen LogP contribution in [-0.2, 0) is 0 Å². The van der Waals surface area contributed by atoms with Gasteiger partial charge in [-0.25, -0.2) is 0 Å². The number of rotatable bonds is 4. The lowest BCUT2D eigenvalue weighted by atomic mass is 10.2. The van der Waals surface area contributed by atoms with Crippen molar-refractivity contribution in [1.82, 2.24) is 5.32 Å². The van der Waals surface area contributed by atoms with Crippen molar-refractivity contribution < 1.29 is 4.74 Å². The maximum atomic E-state index is 5.50. The number of hydrogen-bond acceptors (Lipinski definition) is 2. The molecule has 0 bridgehead atoms. The zero-order chi connectivity index (χ0) is 9.10. The summed E-state index contributed by atoms with van der Waals surface area (Å²) < 4.78 is 5.50. The molecule has 2 heteroatoms. The summed E-state index contributed by atoms with van der Waals surface area (Å²) in [5.74, 6) is 0.943. The van der Waals surface area contributed by atoms with Crippen LogP contribution in [0.3, 0.4) is 0 Å². The minimum absolute atomic E-state index is 0.633. The molecule has 1 aromatic rings. The lowest BCUT2D eigenvalue weighted by Gasteiger charge is -2.06. The van der Waals surface area contributed by atoms with Crippen molar-refractivity contribution in [3.05, 3.63) is 29.8 Å². The Morgan fingerprint density at radius 1 is 1.31 bits per heavy atom. The molecular formula is C11H15NO. The molecule has 0 atom stereocenters. The first-order valence-electron chi connectivity index (χ1n) is 4.77. The average molecular weight is 177 g/mol. The summed E-state index contributed by atoms with van der Waals surface area (Å²) in [7, 11) is 0. The standard InChI is InChI=1S/C11H15NO/c1-9-2-6-11(7-3-9)13-8-12-10-4-5-10/h2-3,6-7,10,12H,4-5,8H2,1H3. The Balaban J connectivity index is 1.76. The van der Waals surface area contributed by atoms with Gasteiger partial charge in [0.1, 0.15) is 12.5 Å². The Morgan fingerprint density at radius 2 is 2.00 bits per heavy atom. The highest BCUT2D eigenvalue weighted by Gasteiger charge is 2.19. The number of ether oxygens (including phenoxy) is 1. The molecule has 0 radical (unpaired) electrons. The van der Waals surface area contributed by atoms with Gasteiger partial charge >= 0.3 is 0 Å². The van der Waals surface area contributed by atoms with Gasteiger partial charge < -0.3 is 4.74 Å². The maximum Gasteiger partial charge on any atom is 0.139 e. The van der Waals surface area contributed by atoms with Gasteiger partial charge in [-0.2, -0.15) is 0 Å². The van der Waals surface area contributed by atoms with E-state index < -0.39 is 0 Å². The van der Waals surface area contributed by atoms with Crippen LogP contribution < -0.4 is 10.1 Å². The van der Waals surface area contributed by atoms with Crippen molar-refractivity contribution >= 4 is 0 Å². The van der Waals surface area contributed by atoms with Gasteiger partial charge in [-0.3, -0.25) is 5.32 Å². The first-order valence-corrected chi connectivity index (χ1v) is 4.77. The fourth-order valence-electron chi connectivity index (χ4n) is 1.16. The van der Waals surface area contributed by atoms with E-state index in [0.717, 1.165) is 5.75 Å². The van der Waals surface area contributed by atoms with Crippen LogP contribution in [0, 0.1) is 6.92 Å². The molecule has 1 aliphatic carbocycles. The number of nitrogens with one attached hydrogen (secondary N) is 1. The fraction of sp³-hybridized carbons (Fsp3) is 0.455. The van der Waals surface area contributed by atoms with E-state index in [9.17, 15) is 0 Å². The van der Waals surface area contributed by atoms with Crippen molar-refractivity contribution in [2.45, 2.75) is 25.8 Å². The molecule has 70 valence electrons. The van der Waals surface area contributed by atoms with Gasteiger partial charge in [0.05, 0.1) is 0 Å². The van der Waals surface area contributed by atoms with Crippen LogP contribution in [0.25, 0.3) is 0 Å². The molecule has 13 heavy (non-hydrogen) atoms. The number of aryl methyl sites for hydroxylation is 1. The third-order valence-corrected chi connectivity index (χ3v) is 2.21. The Labute approximate surface area is 78.9 Å². The van der Waals surface area contributed by atoms with E-state index in [-0.39, 0.29) is 0 Å². The molecule has 1 N–H and O–H groups in total. The van der Waals surface area contributed by atoms with Crippen LogP contribution in [-0.4, -0.2) is 12.8 Å². The summed E-state index contributed by atoms with van der Waals surface area (Å²) in [5.41, 5.74) is 1.27. The Hall–Kier alpha value is -1.02. The Morgan fingerprint density at radius 3 is 2.62 bits per heavy atom. The van der Waals surface area contributed by atoms with Gasteiger partial charge in [-0.15, -0.1) is 0 Å². The van der Waals surface area contributed by atoms with Crippen molar-refractivity contribution in [1.29, 1.82) is 0 Å². The molecule has 2 nitrogen and oxygen atoms in total. The molecule has 0 amide bonds. The second-order valence-corrected chi connectivity index (χ2v) is 3.58. The van der Waals surface area contributed by atoms with E-state index in [0.29, 0.717) is 12.8 Å². The van der Waals surface area contributed by atoms with Crippen LogP contribution in [0.4, 0.5) is 0 Å². The molecule has 0 spiro atoms. The molecule has 1 fully saturated rings. The molecule has 1 aromatic carbocycles. The highest BCUT2D eigenvalue weighted by molar-refractivity contribution is 5.26. The van der Waals surface area contributed by atoms with Crippen molar-refractivity contribution in [2.75, 3.05) is 6.73 Å². The first-order chi connectivity index (χ1) is 6.34. The van der Waals surface area contributed by atoms with E-state index in [1.807, 2.05) is 12.1 Å². The minimum Gasteiger partial charge on any atom is -0.478 e. The highest BCUT2D eigenvalue weighted by Crippen LogP contribution is 2.18. The van der Waals surface area contributed by atoms with Gasteiger partial charge in [-0.1, -0.05) is 17.7 Å². The second-order valence-electron chi connectivity index (χ2n) is 3.58. The highest BCUT2D eigenvalue weighted by atomic mass is 16.5. The molecule has 0 aromatic heterocycles. The summed E-state index contributed by atoms with van der Waals surface area (Å²) >= 11 is 0. The molecular weight excluding hydrogens is 162 g/mol.